The summed E-state index contributed by atoms with van der Waals surface area (Å²) in [6, 6.07) is 0. The van der Waals surface area contributed by atoms with E-state index < -0.39 is 97.5 Å². The van der Waals surface area contributed by atoms with Crippen molar-refractivity contribution in [3.8, 4) is 0 Å². The van der Waals surface area contributed by atoms with Crippen LogP contribution in [0.5, 0.6) is 0 Å². The first-order valence-corrected chi connectivity index (χ1v) is 43.9. The number of carbonyl (C=O) groups excluding carboxylic acids is 4. The fraction of sp³-hybridized carbons (Fsp3) is 0.900. The normalized spacial score (nSPS) is 14.0. The standard InChI is InChI=1S/C80H152O17P2/c1-6-9-12-15-18-21-24-27-29-35-39-44-49-54-59-64-78(83)91-70-76(97-80(85)66-61-56-51-46-41-36-31-30-33-37-42-47-52-57-62-73(4)5)72-95-99(88,89)93-68-74(81)67-92-98(86,87)94-71-75(69-90-77(82)63-58-53-48-43-38-32-26-23-20-17-14-11-8-3)96-79(84)65-60-55-50-45-40-34-28-25-22-19-16-13-10-7-2/h21,24,27,29,73-76,81H,6-20,22-23,25-26,28,30-72H2,1-5H3,(H,86,87)(H,88,89)/b24-21-,29-27-/t74-,75+,76+/m0/s1. The third-order valence-corrected chi connectivity index (χ3v) is 20.1. The van der Waals surface area contributed by atoms with Crippen LogP contribution >= 0.6 is 15.6 Å². The number of carbonyl (C=O) groups is 4. The quantitative estimate of drug-likeness (QED) is 0.0169. The molecule has 99 heavy (non-hydrogen) atoms. The molecule has 0 heterocycles. The Morgan fingerprint density at radius 3 is 0.828 bits per heavy atom. The summed E-state index contributed by atoms with van der Waals surface area (Å²) >= 11 is 0. The molecule has 0 spiro atoms. The van der Waals surface area contributed by atoms with Crippen molar-refractivity contribution in [1.29, 1.82) is 0 Å². The van der Waals surface area contributed by atoms with Gasteiger partial charge in [-0.2, -0.15) is 0 Å². The summed E-state index contributed by atoms with van der Waals surface area (Å²) < 4.78 is 68.7. The maximum atomic E-state index is 13.1. The number of ether oxygens (including phenoxy) is 4. The van der Waals surface area contributed by atoms with Gasteiger partial charge >= 0.3 is 39.5 Å². The summed E-state index contributed by atoms with van der Waals surface area (Å²) in [5, 5.41) is 10.6. The van der Waals surface area contributed by atoms with E-state index in [-0.39, 0.29) is 25.7 Å². The summed E-state index contributed by atoms with van der Waals surface area (Å²) in [7, 11) is -9.93. The molecule has 3 N–H and O–H groups in total. The summed E-state index contributed by atoms with van der Waals surface area (Å²) in [5.41, 5.74) is 0. The van der Waals surface area contributed by atoms with Crippen LogP contribution in [0.15, 0.2) is 24.3 Å². The van der Waals surface area contributed by atoms with Crippen molar-refractivity contribution < 1.29 is 80.2 Å². The summed E-state index contributed by atoms with van der Waals surface area (Å²) in [4.78, 5) is 73.0. The average Bonchev–Trinajstić information content (AvgIpc) is 1.21. The first-order valence-electron chi connectivity index (χ1n) is 41.0. The van der Waals surface area contributed by atoms with E-state index in [1.807, 2.05) is 0 Å². The Hall–Kier alpha value is -2.46. The fourth-order valence-corrected chi connectivity index (χ4v) is 13.4. The second-order valence-corrected chi connectivity index (χ2v) is 31.5. The molecule has 19 heteroatoms. The molecule has 0 saturated heterocycles. The predicted octanol–water partition coefficient (Wildman–Crippen LogP) is 23.6. The zero-order chi connectivity index (χ0) is 72.7. The van der Waals surface area contributed by atoms with Crippen LogP contribution in [0.2, 0.25) is 0 Å². The Labute approximate surface area is 605 Å². The summed E-state index contributed by atoms with van der Waals surface area (Å²) in [5.74, 6) is -1.34. The smallest absolute Gasteiger partial charge is 0.462 e. The van der Waals surface area contributed by atoms with Crippen molar-refractivity contribution >= 4 is 39.5 Å². The number of phosphoric ester groups is 2. The number of allylic oxidation sites excluding steroid dienone is 4. The number of rotatable bonds is 78. The van der Waals surface area contributed by atoms with E-state index in [2.05, 4.69) is 58.9 Å². The minimum absolute atomic E-state index is 0.101. The van der Waals surface area contributed by atoms with Gasteiger partial charge in [0, 0.05) is 25.7 Å². The van der Waals surface area contributed by atoms with Crippen molar-refractivity contribution in [1.82, 2.24) is 0 Å². The van der Waals surface area contributed by atoms with Crippen LogP contribution < -0.4 is 0 Å². The van der Waals surface area contributed by atoms with E-state index in [4.69, 9.17) is 37.0 Å². The lowest BCUT2D eigenvalue weighted by Crippen LogP contribution is -2.30. The lowest BCUT2D eigenvalue weighted by Gasteiger charge is -2.21. The molecule has 0 radical (unpaired) electrons. The lowest BCUT2D eigenvalue weighted by molar-refractivity contribution is -0.161. The molecule has 0 aliphatic carbocycles. The van der Waals surface area contributed by atoms with Gasteiger partial charge < -0.3 is 33.8 Å². The third kappa shape index (κ3) is 73.6. The number of aliphatic hydroxyl groups is 1. The molecule has 0 rings (SSSR count). The number of aliphatic hydroxyl groups excluding tert-OH is 1. The van der Waals surface area contributed by atoms with Crippen LogP contribution in [0, 0.1) is 5.92 Å². The van der Waals surface area contributed by atoms with E-state index in [1.165, 1.54) is 205 Å². The zero-order valence-corrected chi connectivity index (χ0v) is 65.9. The molecule has 0 amide bonds. The van der Waals surface area contributed by atoms with Gasteiger partial charge in [-0.3, -0.25) is 37.3 Å². The maximum Gasteiger partial charge on any atom is 0.472 e. The summed E-state index contributed by atoms with van der Waals surface area (Å²) in [6.07, 6.45) is 65.8. The maximum absolute atomic E-state index is 13.1. The number of unbranched alkanes of at least 4 members (excludes halogenated alkanes) is 47. The summed E-state index contributed by atoms with van der Waals surface area (Å²) in [6.45, 7) is 7.29. The SMILES string of the molecule is CCCCCC/C=C\C=C/CCCCCCCC(=O)OC[C@H](COP(=O)(O)OC[C@@H](O)COP(=O)(O)OC[C@@H](COC(=O)CCCCCCCCCCCCCCC)OC(=O)CCCCCCCCCCCCCCCC)OC(=O)CCCCCCCCCCCCCCCCC(C)C. The van der Waals surface area contributed by atoms with Crippen LogP contribution in [0.3, 0.4) is 0 Å². The largest absolute Gasteiger partial charge is 0.472 e. The Morgan fingerprint density at radius 2 is 0.545 bits per heavy atom. The van der Waals surface area contributed by atoms with Gasteiger partial charge in [0.1, 0.15) is 19.3 Å². The highest BCUT2D eigenvalue weighted by atomic mass is 31.2. The van der Waals surface area contributed by atoms with Crippen LogP contribution in [0.1, 0.15) is 401 Å². The molecule has 0 bridgehead atoms. The molecule has 0 aromatic rings. The van der Waals surface area contributed by atoms with Gasteiger partial charge in [0.05, 0.1) is 26.4 Å². The average molecular weight is 1450 g/mol. The highest BCUT2D eigenvalue weighted by molar-refractivity contribution is 7.47. The number of esters is 4. The van der Waals surface area contributed by atoms with Crippen LogP contribution in [-0.2, 0) is 65.4 Å². The van der Waals surface area contributed by atoms with Crippen molar-refractivity contribution in [2.24, 2.45) is 5.92 Å². The molecule has 584 valence electrons. The van der Waals surface area contributed by atoms with E-state index >= 15 is 0 Å². The van der Waals surface area contributed by atoms with Crippen LogP contribution in [0.4, 0.5) is 0 Å². The van der Waals surface area contributed by atoms with Crippen molar-refractivity contribution in [3.05, 3.63) is 24.3 Å². The van der Waals surface area contributed by atoms with Crippen molar-refractivity contribution in [3.63, 3.8) is 0 Å². The molecular weight excluding hydrogens is 1290 g/mol. The monoisotopic (exact) mass is 1450 g/mol. The molecule has 0 saturated carbocycles. The Kier molecular flexibility index (Phi) is 70.7. The van der Waals surface area contributed by atoms with Crippen LogP contribution in [0.25, 0.3) is 0 Å². The van der Waals surface area contributed by atoms with E-state index in [0.717, 1.165) is 115 Å². The third-order valence-electron chi connectivity index (χ3n) is 18.2. The van der Waals surface area contributed by atoms with Crippen molar-refractivity contribution in [2.75, 3.05) is 39.6 Å². The van der Waals surface area contributed by atoms with Crippen LogP contribution in [-0.4, -0.2) is 96.7 Å². The Bertz CT molecular complexity index is 1990. The molecule has 2 unspecified atom stereocenters. The van der Waals surface area contributed by atoms with Gasteiger partial charge in [-0.25, -0.2) is 9.13 Å². The van der Waals surface area contributed by atoms with Gasteiger partial charge in [0.25, 0.3) is 0 Å². The molecule has 0 aliphatic rings. The van der Waals surface area contributed by atoms with Gasteiger partial charge in [-0.1, -0.05) is 348 Å². The molecule has 17 nitrogen and oxygen atoms in total. The highest BCUT2D eigenvalue weighted by Gasteiger charge is 2.30. The fourth-order valence-electron chi connectivity index (χ4n) is 11.9. The van der Waals surface area contributed by atoms with E-state index in [1.54, 1.807) is 0 Å². The van der Waals surface area contributed by atoms with Crippen molar-refractivity contribution in [2.45, 2.75) is 419 Å². The molecule has 5 atom stereocenters. The molecule has 0 aliphatic heterocycles. The molecule has 0 fully saturated rings. The van der Waals surface area contributed by atoms with E-state index in [0.29, 0.717) is 25.7 Å². The van der Waals surface area contributed by atoms with E-state index in [9.17, 15) is 43.2 Å². The molecular formula is C80H152O17P2. The molecule has 0 aromatic heterocycles. The second-order valence-electron chi connectivity index (χ2n) is 28.6. The Morgan fingerprint density at radius 1 is 0.313 bits per heavy atom. The van der Waals surface area contributed by atoms with Gasteiger partial charge in [0.15, 0.2) is 12.2 Å². The minimum atomic E-state index is -4.97. The lowest BCUT2D eigenvalue weighted by atomic mass is 10.0. The Balaban J connectivity index is 5.30. The number of hydrogen-bond donors (Lipinski definition) is 3. The van der Waals surface area contributed by atoms with Gasteiger partial charge in [-0.15, -0.1) is 0 Å². The van der Waals surface area contributed by atoms with Gasteiger partial charge in [-0.05, 0) is 57.3 Å². The first kappa shape index (κ1) is 96.5. The zero-order valence-electron chi connectivity index (χ0n) is 64.1. The second kappa shape index (κ2) is 72.5. The first-order chi connectivity index (χ1) is 48.0. The number of hydrogen-bond acceptors (Lipinski definition) is 15. The minimum Gasteiger partial charge on any atom is -0.462 e. The highest BCUT2D eigenvalue weighted by Crippen LogP contribution is 2.45. The van der Waals surface area contributed by atoms with Gasteiger partial charge in [0.2, 0.25) is 0 Å². The molecule has 0 aromatic carbocycles. The topological polar surface area (TPSA) is 237 Å². The predicted molar refractivity (Wildman–Crippen MR) is 404 cm³/mol. The number of phosphoric acid groups is 2.